The summed E-state index contributed by atoms with van der Waals surface area (Å²) in [6.45, 7) is 3.31. The molecule has 4 aliphatic heterocycles. The number of halogens is 1. The van der Waals surface area contributed by atoms with Gasteiger partial charge in [-0.15, -0.1) is 0 Å². The molecule has 6 heterocycles. The summed E-state index contributed by atoms with van der Waals surface area (Å²) < 4.78 is 0. The van der Waals surface area contributed by atoms with E-state index in [1.54, 1.807) is 18.3 Å². The van der Waals surface area contributed by atoms with Crippen LogP contribution in [0.1, 0.15) is 52.8 Å². The van der Waals surface area contributed by atoms with Crippen LogP contribution in [0.5, 0.6) is 0 Å². The molecule has 240 valence electrons. The van der Waals surface area contributed by atoms with Crippen molar-refractivity contribution in [1.82, 2.24) is 30.1 Å². The highest BCUT2D eigenvalue weighted by Crippen LogP contribution is 2.36. The van der Waals surface area contributed by atoms with Crippen molar-refractivity contribution in [3.8, 4) is 11.3 Å². The third-order valence-corrected chi connectivity index (χ3v) is 10.2. The van der Waals surface area contributed by atoms with E-state index >= 15 is 0 Å². The molecule has 3 N–H and O–H groups in total. The minimum Gasteiger partial charge on any atom is -0.371 e. The van der Waals surface area contributed by atoms with Crippen LogP contribution in [0.2, 0.25) is 5.02 Å². The Hall–Kier alpha value is -4.81. The standard InChI is InChI=1S/C34H33ClN8O4/c35-24-17-37-34(40-30(24)23-16-36-25-6-2-1-4-21(23)25)38-19-10-13-42(18-19)20-11-14-41(15-12-20)26-7-3-5-22-29(26)33(47)43(32(22)46)27-8-9-28(44)39-31(27)45/h1-7,16-17,19-20,27,36H,8-15,18H2,(H,37,38,40)(H,39,44,45)/t19-,27?/m1/s1. The van der Waals surface area contributed by atoms with E-state index in [4.69, 9.17) is 16.6 Å². The number of aromatic amines is 1. The van der Waals surface area contributed by atoms with Gasteiger partial charge in [-0.3, -0.25) is 34.3 Å². The van der Waals surface area contributed by atoms with Crippen molar-refractivity contribution in [1.29, 1.82) is 0 Å². The minimum atomic E-state index is -0.978. The Morgan fingerprint density at radius 1 is 0.894 bits per heavy atom. The van der Waals surface area contributed by atoms with E-state index in [1.807, 2.05) is 36.5 Å². The normalized spacial score (nSPS) is 22.3. The molecule has 0 bridgehead atoms. The van der Waals surface area contributed by atoms with Crippen molar-refractivity contribution >= 4 is 57.8 Å². The van der Waals surface area contributed by atoms with Crippen LogP contribution in [-0.4, -0.2) is 92.7 Å². The van der Waals surface area contributed by atoms with Gasteiger partial charge in [0.05, 0.1) is 33.7 Å². The molecular weight excluding hydrogens is 620 g/mol. The number of para-hydroxylation sites is 1. The van der Waals surface area contributed by atoms with Gasteiger partial charge in [0.15, 0.2) is 0 Å². The van der Waals surface area contributed by atoms with E-state index in [0.717, 1.165) is 72.5 Å². The molecular formula is C34H33ClN8O4. The number of nitrogens with one attached hydrogen (secondary N) is 3. The first-order valence-electron chi connectivity index (χ1n) is 16.0. The zero-order valence-electron chi connectivity index (χ0n) is 25.5. The third kappa shape index (κ3) is 5.21. The van der Waals surface area contributed by atoms with Crippen LogP contribution in [0.15, 0.2) is 54.9 Å². The monoisotopic (exact) mass is 652 g/mol. The van der Waals surface area contributed by atoms with Crippen molar-refractivity contribution < 1.29 is 19.2 Å². The Kier molecular flexibility index (Phi) is 7.41. The topological polar surface area (TPSA) is 144 Å². The van der Waals surface area contributed by atoms with Gasteiger partial charge in [-0.2, -0.15) is 0 Å². The molecule has 4 aliphatic rings. The maximum absolute atomic E-state index is 13.6. The number of benzene rings is 2. The van der Waals surface area contributed by atoms with Gasteiger partial charge in [-0.1, -0.05) is 35.9 Å². The summed E-state index contributed by atoms with van der Waals surface area (Å²) in [6.07, 6.45) is 6.60. The van der Waals surface area contributed by atoms with Gasteiger partial charge >= 0.3 is 0 Å². The molecule has 4 amide bonds. The third-order valence-electron chi connectivity index (χ3n) is 9.91. The zero-order chi connectivity index (χ0) is 32.2. The van der Waals surface area contributed by atoms with E-state index < -0.39 is 23.8 Å². The smallest absolute Gasteiger partial charge is 0.264 e. The Morgan fingerprint density at radius 2 is 1.72 bits per heavy atom. The summed E-state index contributed by atoms with van der Waals surface area (Å²) in [6, 6.07) is 13.0. The van der Waals surface area contributed by atoms with Gasteiger partial charge in [0.1, 0.15) is 6.04 Å². The molecule has 2 aromatic carbocycles. The van der Waals surface area contributed by atoms with Crippen LogP contribution in [0.25, 0.3) is 22.2 Å². The number of H-pyrrole nitrogens is 1. The van der Waals surface area contributed by atoms with Crippen molar-refractivity contribution in [2.75, 3.05) is 36.4 Å². The SMILES string of the molecule is O=C1CCC(N2C(=O)c3cccc(N4CCC(N5CC[C@@H](Nc6ncc(Cl)c(-c7c[nH]c8ccccc78)n6)C5)CC4)c3C2=O)C(=O)N1. The maximum atomic E-state index is 13.6. The van der Waals surface area contributed by atoms with Crippen LogP contribution >= 0.6 is 11.6 Å². The molecule has 0 radical (unpaired) electrons. The van der Waals surface area contributed by atoms with Crippen LogP contribution in [0.4, 0.5) is 11.6 Å². The molecule has 0 spiro atoms. The second kappa shape index (κ2) is 11.8. The number of hydrogen-bond donors (Lipinski definition) is 3. The lowest BCUT2D eigenvalue weighted by molar-refractivity contribution is -0.136. The Labute approximate surface area is 275 Å². The van der Waals surface area contributed by atoms with E-state index in [-0.39, 0.29) is 24.8 Å². The molecule has 3 fully saturated rings. The predicted molar refractivity (Wildman–Crippen MR) is 176 cm³/mol. The summed E-state index contributed by atoms with van der Waals surface area (Å²) in [5, 5.41) is 7.35. The highest BCUT2D eigenvalue weighted by molar-refractivity contribution is 6.33. The molecule has 12 nitrogen and oxygen atoms in total. The van der Waals surface area contributed by atoms with Gasteiger partial charge in [0.25, 0.3) is 11.8 Å². The fourth-order valence-electron chi connectivity index (χ4n) is 7.54. The number of likely N-dealkylation sites (tertiary alicyclic amines) is 1. The number of nitrogens with zero attached hydrogens (tertiary/aromatic N) is 5. The molecule has 3 saturated heterocycles. The average Bonchev–Trinajstić information content (AvgIpc) is 3.79. The second-order valence-electron chi connectivity index (χ2n) is 12.6. The zero-order valence-corrected chi connectivity index (χ0v) is 26.3. The molecule has 0 aliphatic carbocycles. The molecule has 1 unspecified atom stereocenters. The number of carbonyl (C=O) groups is 4. The molecule has 47 heavy (non-hydrogen) atoms. The van der Waals surface area contributed by atoms with Gasteiger partial charge in [-0.05, 0) is 43.9 Å². The van der Waals surface area contributed by atoms with Crippen molar-refractivity contribution in [3.05, 3.63) is 71.0 Å². The minimum absolute atomic E-state index is 0.0931. The first-order chi connectivity index (χ1) is 22.9. The lowest BCUT2D eigenvalue weighted by atomic mass is 10.00. The molecule has 0 saturated carbocycles. The van der Waals surface area contributed by atoms with Crippen molar-refractivity contribution in [3.63, 3.8) is 0 Å². The number of carbonyl (C=O) groups excluding carboxylic acids is 4. The summed E-state index contributed by atoms with van der Waals surface area (Å²) in [4.78, 5) is 69.4. The molecule has 2 aromatic heterocycles. The molecule has 4 aromatic rings. The quantitative estimate of drug-likeness (QED) is 0.265. The first kappa shape index (κ1) is 29.6. The Morgan fingerprint density at radius 3 is 2.55 bits per heavy atom. The van der Waals surface area contributed by atoms with Gasteiger partial charge in [0.2, 0.25) is 17.8 Å². The van der Waals surface area contributed by atoms with Crippen molar-refractivity contribution in [2.24, 2.45) is 0 Å². The summed E-state index contributed by atoms with van der Waals surface area (Å²) in [7, 11) is 0. The average molecular weight is 653 g/mol. The number of anilines is 2. The van der Waals surface area contributed by atoms with E-state index in [9.17, 15) is 19.2 Å². The predicted octanol–water partition coefficient (Wildman–Crippen LogP) is 3.83. The summed E-state index contributed by atoms with van der Waals surface area (Å²) >= 11 is 6.54. The van der Waals surface area contributed by atoms with Crippen LogP contribution < -0.4 is 15.5 Å². The lowest BCUT2D eigenvalue weighted by Crippen LogP contribution is -2.54. The number of rotatable bonds is 6. The highest BCUT2D eigenvalue weighted by atomic mass is 35.5. The second-order valence-corrected chi connectivity index (χ2v) is 13.0. The number of aromatic nitrogens is 3. The maximum Gasteiger partial charge on any atom is 0.264 e. The van der Waals surface area contributed by atoms with E-state index in [2.05, 4.69) is 30.4 Å². The fraction of sp³-hybridized carbons (Fsp3) is 0.353. The summed E-state index contributed by atoms with van der Waals surface area (Å²) in [5.41, 5.74) is 4.04. The van der Waals surface area contributed by atoms with Crippen LogP contribution in [0.3, 0.4) is 0 Å². The van der Waals surface area contributed by atoms with Crippen LogP contribution in [-0.2, 0) is 9.59 Å². The largest absolute Gasteiger partial charge is 0.371 e. The Bertz CT molecular complexity index is 1940. The molecule has 13 heteroatoms. The lowest BCUT2D eigenvalue weighted by Gasteiger charge is -2.38. The van der Waals surface area contributed by atoms with Gasteiger partial charge < -0.3 is 15.2 Å². The first-order valence-corrected chi connectivity index (χ1v) is 16.4. The van der Waals surface area contributed by atoms with Gasteiger partial charge in [-0.25, -0.2) is 9.97 Å². The van der Waals surface area contributed by atoms with E-state index in [1.165, 1.54) is 0 Å². The fourth-order valence-corrected chi connectivity index (χ4v) is 7.74. The highest BCUT2D eigenvalue weighted by Gasteiger charge is 2.46. The number of hydrogen-bond acceptors (Lipinski definition) is 9. The molecule has 8 rings (SSSR count). The number of piperidine rings is 2. The van der Waals surface area contributed by atoms with Crippen LogP contribution in [0, 0.1) is 0 Å². The summed E-state index contributed by atoms with van der Waals surface area (Å²) in [5.74, 6) is -1.39. The molecule has 2 atom stereocenters. The Balaban J connectivity index is 0.911. The number of fused-ring (bicyclic) bond motifs is 2. The van der Waals surface area contributed by atoms with Gasteiger partial charge in [0, 0.05) is 67.3 Å². The van der Waals surface area contributed by atoms with E-state index in [0.29, 0.717) is 33.8 Å². The number of imide groups is 2. The number of amides is 4. The van der Waals surface area contributed by atoms with Crippen molar-refractivity contribution in [2.45, 2.75) is 50.2 Å².